The number of likely N-dealkylation sites (N-methyl/N-ethyl adjacent to an activating group) is 1. The summed E-state index contributed by atoms with van der Waals surface area (Å²) in [6, 6.07) is 0. The molecule has 0 aliphatic rings. The number of ether oxygens (including phenoxy) is 1. The summed E-state index contributed by atoms with van der Waals surface area (Å²) in [5.41, 5.74) is 0. The van der Waals surface area contributed by atoms with Gasteiger partial charge in [0.25, 0.3) is 0 Å². The maximum atomic E-state index is 4.81. The highest BCUT2D eigenvalue weighted by molar-refractivity contribution is 4.36. The monoisotopic (exact) mass is 190 g/mol. The highest BCUT2D eigenvalue weighted by Crippen LogP contribution is 1.76. The van der Waals surface area contributed by atoms with Crippen LogP contribution in [0.2, 0.25) is 0 Å². The van der Waals surface area contributed by atoms with Crippen molar-refractivity contribution in [3.8, 4) is 0 Å². The average Bonchev–Trinajstić information content (AvgIpc) is 2.01. The van der Waals surface area contributed by atoms with E-state index in [1.54, 1.807) is 7.11 Å². The van der Waals surface area contributed by atoms with E-state index in [-0.39, 0.29) is 0 Å². The second kappa shape index (κ2) is 11.9. The molecular weight excluding hydrogens is 164 g/mol. The number of rotatable bonds is 5. The van der Waals surface area contributed by atoms with Crippen molar-refractivity contribution in [2.75, 3.05) is 55.0 Å². The van der Waals surface area contributed by atoms with E-state index in [1.165, 1.54) is 13.0 Å². The Kier molecular flexibility index (Phi) is 14.0. The topological polar surface area (TPSA) is 15.7 Å². The lowest BCUT2D eigenvalue weighted by atomic mass is 10.5. The van der Waals surface area contributed by atoms with Crippen molar-refractivity contribution in [1.82, 2.24) is 9.80 Å². The molecule has 0 aliphatic heterocycles. The lowest BCUT2D eigenvalue weighted by Crippen LogP contribution is -2.16. The summed E-state index contributed by atoms with van der Waals surface area (Å²) in [4.78, 5) is 4.27. The minimum Gasteiger partial charge on any atom is -0.383 e. The van der Waals surface area contributed by atoms with Crippen LogP contribution in [0.1, 0.15) is 13.3 Å². The van der Waals surface area contributed by atoms with Crippen LogP contribution in [0.4, 0.5) is 0 Å². The number of methoxy groups -OCH3 is 1. The van der Waals surface area contributed by atoms with Crippen LogP contribution in [0.5, 0.6) is 0 Å². The zero-order valence-electron chi connectivity index (χ0n) is 10.1. The van der Waals surface area contributed by atoms with E-state index in [0.29, 0.717) is 0 Å². The van der Waals surface area contributed by atoms with Crippen LogP contribution in [-0.4, -0.2) is 64.8 Å². The van der Waals surface area contributed by atoms with Crippen molar-refractivity contribution >= 4 is 0 Å². The van der Waals surface area contributed by atoms with Crippen molar-refractivity contribution in [1.29, 1.82) is 0 Å². The van der Waals surface area contributed by atoms with Crippen LogP contribution in [0.15, 0.2) is 0 Å². The molecule has 0 amide bonds. The van der Waals surface area contributed by atoms with Gasteiger partial charge in [0, 0.05) is 13.7 Å². The largest absolute Gasteiger partial charge is 0.383 e. The second-order valence-electron chi connectivity index (χ2n) is 3.60. The molecule has 0 fully saturated rings. The smallest absolute Gasteiger partial charge is 0.0589 e. The minimum atomic E-state index is 0.826. The summed E-state index contributed by atoms with van der Waals surface area (Å²) >= 11 is 0. The van der Waals surface area contributed by atoms with Crippen LogP contribution in [0.3, 0.4) is 0 Å². The zero-order valence-corrected chi connectivity index (χ0v) is 10.1. The first-order valence-corrected chi connectivity index (χ1v) is 4.83. The van der Waals surface area contributed by atoms with Gasteiger partial charge in [-0.15, -0.1) is 0 Å². The Morgan fingerprint density at radius 1 is 0.923 bits per heavy atom. The van der Waals surface area contributed by atoms with Gasteiger partial charge in [-0.25, -0.2) is 0 Å². The fraction of sp³-hybridized carbons (Fsp3) is 1.00. The summed E-state index contributed by atoms with van der Waals surface area (Å²) in [6.45, 7) is 5.23. The second-order valence-corrected chi connectivity index (χ2v) is 3.60. The molecule has 0 aromatic rings. The highest BCUT2D eigenvalue weighted by Gasteiger charge is 1.83. The lowest BCUT2D eigenvalue weighted by Gasteiger charge is -2.06. The highest BCUT2D eigenvalue weighted by atomic mass is 16.5. The number of hydrogen-bond donors (Lipinski definition) is 0. The van der Waals surface area contributed by atoms with Crippen LogP contribution < -0.4 is 0 Å². The van der Waals surface area contributed by atoms with Crippen molar-refractivity contribution < 1.29 is 4.74 Å². The number of nitrogens with zero attached hydrogens (tertiary/aromatic N) is 2. The van der Waals surface area contributed by atoms with E-state index in [2.05, 4.69) is 30.8 Å². The molecule has 0 atom stereocenters. The normalized spacial score (nSPS) is 10.2. The van der Waals surface area contributed by atoms with Crippen molar-refractivity contribution in [2.45, 2.75) is 13.3 Å². The molecular formula is C10H26N2O. The van der Waals surface area contributed by atoms with E-state index >= 15 is 0 Å². The van der Waals surface area contributed by atoms with Gasteiger partial charge in [-0.2, -0.15) is 0 Å². The van der Waals surface area contributed by atoms with Crippen molar-refractivity contribution in [3.05, 3.63) is 0 Å². The summed E-state index contributed by atoms with van der Waals surface area (Å²) in [6.07, 6.45) is 1.26. The molecule has 0 bridgehead atoms. The molecule has 3 nitrogen and oxygen atoms in total. The van der Waals surface area contributed by atoms with Gasteiger partial charge in [-0.3, -0.25) is 0 Å². The van der Waals surface area contributed by atoms with Gasteiger partial charge in [0.1, 0.15) is 0 Å². The van der Waals surface area contributed by atoms with E-state index in [9.17, 15) is 0 Å². The molecule has 0 aromatic heterocycles. The molecule has 0 saturated heterocycles. The molecule has 0 aromatic carbocycles. The molecule has 0 aliphatic carbocycles. The Morgan fingerprint density at radius 2 is 1.38 bits per heavy atom. The van der Waals surface area contributed by atoms with Gasteiger partial charge in [0.15, 0.2) is 0 Å². The van der Waals surface area contributed by atoms with Crippen molar-refractivity contribution in [3.63, 3.8) is 0 Å². The molecule has 13 heavy (non-hydrogen) atoms. The SMILES string of the molecule is CCCN(C)C.COCCN(C)C. The van der Waals surface area contributed by atoms with Crippen LogP contribution in [0.25, 0.3) is 0 Å². The Hall–Kier alpha value is -0.120. The molecule has 0 heterocycles. The third-order valence-electron chi connectivity index (χ3n) is 1.41. The zero-order chi connectivity index (χ0) is 10.7. The summed E-state index contributed by atoms with van der Waals surface area (Å²) in [5, 5.41) is 0. The number of hydrogen-bond acceptors (Lipinski definition) is 3. The van der Waals surface area contributed by atoms with Gasteiger partial charge in [-0.1, -0.05) is 6.92 Å². The molecule has 0 spiro atoms. The minimum absolute atomic E-state index is 0.826. The Morgan fingerprint density at radius 3 is 1.46 bits per heavy atom. The lowest BCUT2D eigenvalue weighted by molar-refractivity contribution is 0.172. The Bertz CT molecular complexity index is 85.0. The maximum absolute atomic E-state index is 4.81. The van der Waals surface area contributed by atoms with E-state index < -0.39 is 0 Å². The maximum Gasteiger partial charge on any atom is 0.0589 e. The fourth-order valence-electron chi connectivity index (χ4n) is 0.721. The van der Waals surface area contributed by atoms with Crippen LogP contribution in [0, 0.1) is 0 Å². The van der Waals surface area contributed by atoms with E-state index in [4.69, 9.17) is 4.74 Å². The molecule has 0 N–H and O–H groups in total. The Labute approximate surface area is 83.7 Å². The molecule has 0 radical (unpaired) electrons. The first kappa shape index (κ1) is 15.4. The average molecular weight is 190 g/mol. The first-order valence-electron chi connectivity index (χ1n) is 4.83. The fourth-order valence-corrected chi connectivity index (χ4v) is 0.721. The quantitative estimate of drug-likeness (QED) is 0.647. The summed E-state index contributed by atoms with van der Waals surface area (Å²) in [5.74, 6) is 0. The molecule has 3 heteroatoms. The van der Waals surface area contributed by atoms with E-state index in [1.807, 2.05) is 14.1 Å². The summed E-state index contributed by atoms with van der Waals surface area (Å²) in [7, 11) is 9.94. The van der Waals surface area contributed by atoms with Gasteiger partial charge in [0.05, 0.1) is 6.61 Å². The van der Waals surface area contributed by atoms with Crippen LogP contribution in [-0.2, 0) is 4.74 Å². The predicted octanol–water partition coefficient (Wildman–Crippen LogP) is 1.15. The third kappa shape index (κ3) is 24.5. The molecule has 82 valence electrons. The third-order valence-corrected chi connectivity index (χ3v) is 1.41. The van der Waals surface area contributed by atoms with E-state index in [0.717, 1.165) is 13.2 Å². The van der Waals surface area contributed by atoms with Crippen molar-refractivity contribution in [2.24, 2.45) is 0 Å². The van der Waals surface area contributed by atoms with Crippen LogP contribution >= 0.6 is 0 Å². The first-order chi connectivity index (χ1) is 6.04. The van der Waals surface area contributed by atoms with Gasteiger partial charge in [-0.05, 0) is 41.2 Å². The standard InChI is InChI=1S/C5H13NO.C5H13N/c1-6(2)4-5-7-3;1-4-5-6(2)3/h4-5H2,1-3H3;4-5H2,1-3H3. The van der Waals surface area contributed by atoms with Gasteiger partial charge >= 0.3 is 0 Å². The predicted molar refractivity (Wildman–Crippen MR) is 59.3 cm³/mol. The van der Waals surface area contributed by atoms with Gasteiger partial charge in [0.2, 0.25) is 0 Å². The molecule has 0 saturated carbocycles. The molecule has 0 rings (SSSR count). The summed E-state index contributed by atoms with van der Waals surface area (Å²) < 4.78 is 4.81. The molecule has 0 unspecified atom stereocenters. The Balaban J connectivity index is 0. The van der Waals surface area contributed by atoms with Gasteiger partial charge < -0.3 is 14.5 Å².